The smallest absolute Gasteiger partial charge is 0.309 e. The van der Waals surface area contributed by atoms with Crippen molar-refractivity contribution in [3.63, 3.8) is 0 Å². The first-order valence-corrected chi connectivity index (χ1v) is 16.0. The van der Waals surface area contributed by atoms with Crippen LogP contribution < -0.4 is 10.6 Å². The fourth-order valence-corrected chi connectivity index (χ4v) is 6.06. The molecule has 0 radical (unpaired) electrons. The number of rotatable bonds is 7. The SMILES string of the molecule is COC(=O)Cc1ccc2c(c1)N[C@@H](C(=O)N1CC(F)C1)CCCC[C@H](NC(=O)/C=C/c1cc(Cl)ccc1-n1cnnn1)c1nc(C#N)c-2[nH]1. The standard InChI is InChI=1S/C33H32ClFN10O4/c1-49-30(47)13-19-6-9-23-26(12-19)38-25(33(48)44-16-22(35)17-44)5-3-2-4-24(32-40-27(15-36)31(23)41-32)39-29(46)11-7-20-14-21(34)8-10-28(20)45-18-37-42-43-45/h6-12,14,18,22,24-25,38H,2-5,13,16-17H2,1H3,(H,39,46)(H,40,41)/b11-7+/t24-,25+/m0/s1. The summed E-state index contributed by atoms with van der Waals surface area (Å²) in [4.78, 5) is 48.2. The second kappa shape index (κ2) is 14.7. The number of nitrogens with one attached hydrogen (secondary N) is 3. The van der Waals surface area contributed by atoms with Crippen molar-refractivity contribution in [2.24, 2.45) is 0 Å². The van der Waals surface area contributed by atoms with Crippen LogP contribution >= 0.6 is 11.6 Å². The number of aromatic nitrogens is 6. The predicted molar refractivity (Wildman–Crippen MR) is 176 cm³/mol. The van der Waals surface area contributed by atoms with E-state index in [0.29, 0.717) is 70.3 Å². The predicted octanol–water partition coefficient (Wildman–Crippen LogP) is 3.70. The lowest BCUT2D eigenvalue weighted by molar-refractivity contribution is -0.140. The minimum Gasteiger partial charge on any atom is -0.469 e. The van der Waals surface area contributed by atoms with Gasteiger partial charge in [-0.25, -0.2) is 9.37 Å². The molecule has 2 bridgehead atoms. The van der Waals surface area contributed by atoms with Crippen LogP contribution in [0.4, 0.5) is 10.1 Å². The number of nitriles is 1. The summed E-state index contributed by atoms with van der Waals surface area (Å²) in [7, 11) is 1.30. The van der Waals surface area contributed by atoms with Gasteiger partial charge in [0.1, 0.15) is 30.4 Å². The van der Waals surface area contributed by atoms with Gasteiger partial charge >= 0.3 is 5.97 Å². The summed E-state index contributed by atoms with van der Waals surface area (Å²) < 4.78 is 20.0. The minimum absolute atomic E-state index is 0.00686. The van der Waals surface area contributed by atoms with Crippen LogP contribution in [-0.2, 0) is 25.5 Å². The number of alkyl halides is 1. The Balaban J connectivity index is 1.32. The molecule has 2 aliphatic heterocycles. The molecule has 2 amide bonds. The number of nitrogens with zero attached hydrogens (tertiary/aromatic N) is 7. The van der Waals surface area contributed by atoms with E-state index in [1.807, 2.05) is 0 Å². The summed E-state index contributed by atoms with van der Waals surface area (Å²) in [6, 6.07) is 11.1. The number of likely N-dealkylation sites (tertiary alicyclic amines) is 1. The Labute approximate surface area is 285 Å². The number of esters is 1. The number of benzene rings is 2. The van der Waals surface area contributed by atoms with Crippen molar-refractivity contribution in [2.45, 2.75) is 50.4 Å². The fraction of sp³-hybridized carbons (Fsp3) is 0.333. The number of hydrogen-bond acceptors (Lipinski definition) is 10. The van der Waals surface area contributed by atoms with E-state index in [1.165, 1.54) is 29.1 Å². The highest BCUT2D eigenvalue weighted by Gasteiger charge is 2.35. The molecule has 0 aliphatic carbocycles. The zero-order valence-electron chi connectivity index (χ0n) is 26.4. The van der Waals surface area contributed by atoms with E-state index in [9.17, 15) is 24.0 Å². The van der Waals surface area contributed by atoms with Crippen molar-refractivity contribution in [3.05, 3.63) is 76.5 Å². The second-order valence-corrected chi connectivity index (χ2v) is 12.2. The van der Waals surface area contributed by atoms with Crippen LogP contribution in [0.2, 0.25) is 5.02 Å². The average Bonchev–Trinajstić information content (AvgIpc) is 3.77. The number of imidazole rings is 1. The molecule has 0 saturated carbocycles. The number of H-pyrrole nitrogens is 1. The average molecular weight is 687 g/mol. The van der Waals surface area contributed by atoms with E-state index in [1.54, 1.807) is 42.5 Å². The number of halogens is 2. The maximum Gasteiger partial charge on any atom is 0.309 e. The number of methoxy groups -OCH3 is 1. The van der Waals surface area contributed by atoms with Crippen LogP contribution in [0.5, 0.6) is 0 Å². The molecule has 2 aliphatic rings. The molecule has 1 fully saturated rings. The number of amides is 2. The first-order valence-electron chi connectivity index (χ1n) is 15.6. The Kier molecular flexibility index (Phi) is 9.95. The molecule has 252 valence electrons. The fourth-order valence-electron chi connectivity index (χ4n) is 5.88. The molecule has 6 rings (SSSR count). The van der Waals surface area contributed by atoms with Crippen molar-refractivity contribution in [3.8, 4) is 23.0 Å². The quantitative estimate of drug-likeness (QED) is 0.191. The molecular formula is C33H32ClFN10O4. The second-order valence-electron chi connectivity index (χ2n) is 11.8. The van der Waals surface area contributed by atoms with Gasteiger partial charge in [-0.1, -0.05) is 36.6 Å². The third kappa shape index (κ3) is 7.60. The Morgan fingerprint density at radius 2 is 2.00 bits per heavy atom. The van der Waals surface area contributed by atoms with Crippen LogP contribution in [0.25, 0.3) is 23.0 Å². The molecule has 2 aromatic heterocycles. The Hall–Kier alpha value is -5.62. The number of anilines is 1. The zero-order chi connectivity index (χ0) is 34.5. The summed E-state index contributed by atoms with van der Waals surface area (Å²) in [6.07, 6.45) is 5.39. The Morgan fingerprint density at radius 1 is 1.18 bits per heavy atom. The topological polar surface area (TPSA) is 184 Å². The van der Waals surface area contributed by atoms with Crippen LogP contribution in [0, 0.1) is 11.3 Å². The third-order valence-corrected chi connectivity index (χ3v) is 8.65. The number of aromatic amines is 1. The highest BCUT2D eigenvalue weighted by molar-refractivity contribution is 6.30. The van der Waals surface area contributed by atoms with Gasteiger partial charge in [-0.3, -0.25) is 14.4 Å². The van der Waals surface area contributed by atoms with Gasteiger partial charge < -0.3 is 25.3 Å². The lowest BCUT2D eigenvalue weighted by atomic mass is 9.99. The number of fused-ring (bicyclic) bond motifs is 4. The first kappa shape index (κ1) is 33.3. The summed E-state index contributed by atoms with van der Waals surface area (Å²) in [5.41, 5.74) is 3.34. The van der Waals surface area contributed by atoms with Gasteiger partial charge in [-0.15, -0.1) is 5.10 Å². The molecule has 0 unspecified atom stereocenters. The van der Waals surface area contributed by atoms with E-state index < -0.39 is 30.1 Å². The van der Waals surface area contributed by atoms with Crippen molar-refractivity contribution in [1.29, 1.82) is 5.26 Å². The first-order chi connectivity index (χ1) is 23.7. The van der Waals surface area contributed by atoms with E-state index in [0.717, 1.165) is 0 Å². The summed E-state index contributed by atoms with van der Waals surface area (Å²) in [5.74, 6) is -0.709. The van der Waals surface area contributed by atoms with Crippen LogP contribution in [-0.4, -0.2) is 85.3 Å². The largest absolute Gasteiger partial charge is 0.469 e. The number of hydrogen-bond donors (Lipinski definition) is 3. The Morgan fingerprint density at radius 3 is 2.73 bits per heavy atom. The van der Waals surface area contributed by atoms with Crippen LogP contribution in [0.15, 0.2) is 48.8 Å². The lowest BCUT2D eigenvalue weighted by Crippen LogP contribution is -2.56. The molecule has 0 spiro atoms. The summed E-state index contributed by atoms with van der Waals surface area (Å²) >= 11 is 6.23. The summed E-state index contributed by atoms with van der Waals surface area (Å²) in [5, 5.41) is 28.2. The van der Waals surface area contributed by atoms with Crippen molar-refractivity contribution >= 4 is 41.1 Å². The van der Waals surface area contributed by atoms with Gasteiger partial charge in [0.2, 0.25) is 11.8 Å². The molecule has 49 heavy (non-hydrogen) atoms. The maximum absolute atomic E-state index is 13.7. The molecular weight excluding hydrogens is 655 g/mol. The van der Waals surface area contributed by atoms with E-state index in [4.69, 9.17) is 16.3 Å². The van der Waals surface area contributed by atoms with E-state index >= 15 is 0 Å². The molecule has 2 atom stereocenters. The lowest BCUT2D eigenvalue weighted by Gasteiger charge is -2.37. The van der Waals surface area contributed by atoms with Crippen LogP contribution in [0.1, 0.15) is 54.4 Å². The molecule has 4 heterocycles. The maximum atomic E-state index is 13.7. The van der Waals surface area contributed by atoms with Crippen molar-refractivity contribution < 1.29 is 23.5 Å². The van der Waals surface area contributed by atoms with Gasteiger partial charge in [0.25, 0.3) is 0 Å². The highest BCUT2D eigenvalue weighted by Crippen LogP contribution is 2.34. The number of tetrazole rings is 1. The molecule has 2 aromatic carbocycles. The number of carbonyl (C=O) groups is 3. The molecule has 4 aromatic rings. The van der Waals surface area contributed by atoms with Gasteiger partial charge in [-0.2, -0.15) is 9.94 Å². The highest BCUT2D eigenvalue weighted by atomic mass is 35.5. The number of ether oxygens (including phenoxy) is 1. The van der Waals surface area contributed by atoms with Crippen molar-refractivity contribution in [2.75, 3.05) is 25.5 Å². The van der Waals surface area contributed by atoms with Crippen LogP contribution in [0.3, 0.4) is 0 Å². The normalized spacial score (nSPS) is 17.9. The van der Waals surface area contributed by atoms with Gasteiger partial charge in [0, 0.05) is 27.9 Å². The zero-order valence-corrected chi connectivity index (χ0v) is 27.2. The third-order valence-electron chi connectivity index (χ3n) is 8.42. The van der Waals surface area contributed by atoms with Gasteiger partial charge in [-0.05, 0) is 59.2 Å². The Bertz CT molecular complexity index is 1930. The van der Waals surface area contributed by atoms with Crippen molar-refractivity contribution in [1.82, 2.24) is 40.4 Å². The molecule has 3 N–H and O–H groups in total. The van der Waals surface area contributed by atoms with E-state index in [2.05, 4.69) is 42.2 Å². The molecule has 16 heteroatoms. The van der Waals surface area contributed by atoms with E-state index in [-0.39, 0.29) is 31.1 Å². The monoisotopic (exact) mass is 686 g/mol. The summed E-state index contributed by atoms with van der Waals surface area (Å²) in [6.45, 7) is 0.0610. The molecule has 14 nitrogen and oxygen atoms in total. The minimum atomic E-state index is -1.06. The van der Waals surface area contributed by atoms with Gasteiger partial charge in [0.05, 0.1) is 44.0 Å². The number of carbonyl (C=O) groups excluding carboxylic acids is 3. The molecule has 1 saturated heterocycles. The van der Waals surface area contributed by atoms with Gasteiger partial charge in [0.15, 0.2) is 5.69 Å².